The minimum absolute atomic E-state index is 0. The molecule has 116 valence electrons. The molecule has 1 amide bonds. The second-order valence-corrected chi connectivity index (χ2v) is 6.24. The minimum atomic E-state index is -0.228. The summed E-state index contributed by atoms with van der Waals surface area (Å²) in [5.74, 6) is 0.723. The smallest absolute Gasteiger partial charge is 0.225 e. The van der Waals surface area contributed by atoms with Gasteiger partial charge < -0.3 is 11.1 Å². The summed E-state index contributed by atoms with van der Waals surface area (Å²) in [6.07, 6.45) is 3.38. The van der Waals surface area contributed by atoms with Crippen LogP contribution in [0.1, 0.15) is 30.4 Å². The Hall–Kier alpha value is -1.13. The van der Waals surface area contributed by atoms with E-state index >= 15 is 0 Å². The predicted octanol–water partition coefficient (Wildman–Crippen LogP) is 2.55. The third-order valence-electron chi connectivity index (χ3n) is 4.99. The van der Waals surface area contributed by atoms with Crippen LogP contribution >= 0.6 is 12.4 Å². The monoisotopic (exact) mass is 312 g/mol. The van der Waals surface area contributed by atoms with E-state index < -0.39 is 0 Å². The number of halogens is 2. The van der Waals surface area contributed by atoms with E-state index in [2.05, 4.69) is 5.32 Å². The summed E-state index contributed by atoms with van der Waals surface area (Å²) in [4.78, 5) is 12.3. The Kier molecular flexibility index (Phi) is 4.89. The van der Waals surface area contributed by atoms with Gasteiger partial charge in [-0.25, -0.2) is 4.39 Å². The summed E-state index contributed by atoms with van der Waals surface area (Å²) in [7, 11) is 0. The molecular weight excluding hydrogens is 291 g/mol. The highest BCUT2D eigenvalue weighted by Gasteiger charge is 2.48. The van der Waals surface area contributed by atoms with Gasteiger partial charge in [0.25, 0.3) is 0 Å². The summed E-state index contributed by atoms with van der Waals surface area (Å²) in [6.45, 7) is 2.10. The van der Waals surface area contributed by atoms with Crippen LogP contribution in [0.3, 0.4) is 0 Å². The van der Waals surface area contributed by atoms with Gasteiger partial charge in [0.05, 0.1) is 5.92 Å². The minimum Gasteiger partial charge on any atom is -0.352 e. The molecule has 21 heavy (non-hydrogen) atoms. The molecular formula is C16H22ClFN2O. The molecule has 0 radical (unpaired) electrons. The maximum absolute atomic E-state index is 13.5. The number of amides is 1. The number of fused-ring (bicyclic) bond motifs is 2. The molecule has 4 atom stereocenters. The summed E-state index contributed by atoms with van der Waals surface area (Å²) >= 11 is 0. The van der Waals surface area contributed by atoms with Gasteiger partial charge in [-0.3, -0.25) is 4.79 Å². The molecule has 3 nitrogen and oxygen atoms in total. The fourth-order valence-corrected chi connectivity index (χ4v) is 3.78. The Bertz CT molecular complexity index is 535. The number of nitrogens with two attached hydrogens (primary N) is 1. The molecule has 2 bridgehead atoms. The van der Waals surface area contributed by atoms with E-state index in [-0.39, 0.29) is 36.1 Å². The van der Waals surface area contributed by atoms with Crippen molar-refractivity contribution in [2.75, 3.05) is 0 Å². The summed E-state index contributed by atoms with van der Waals surface area (Å²) in [5.41, 5.74) is 7.57. The molecule has 2 saturated carbocycles. The number of benzene rings is 1. The second-order valence-electron chi connectivity index (χ2n) is 6.24. The number of carbonyl (C=O) groups excluding carboxylic acids is 1. The largest absolute Gasteiger partial charge is 0.352 e. The number of aryl methyl sites for hydroxylation is 1. The lowest BCUT2D eigenvalue weighted by Crippen LogP contribution is -2.45. The van der Waals surface area contributed by atoms with Crippen molar-refractivity contribution in [1.29, 1.82) is 0 Å². The highest BCUT2D eigenvalue weighted by Crippen LogP contribution is 2.47. The van der Waals surface area contributed by atoms with Crippen molar-refractivity contribution in [2.45, 2.75) is 38.8 Å². The topological polar surface area (TPSA) is 55.1 Å². The van der Waals surface area contributed by atoms with Crippen molar-refractivity contribution >= 4 is 18.3 Å². The normalized spacial score (nSPS) is 30.0. The van der Waals surface area contributed by atoms with Crippen LogP contribution in [-0.4, -0.2) is 11.9 Å². The SMILES string of the molecule is Cc1ccc(CNC(=O)C2C3CCC(C3)C2N)cc1F.Cl. The van der Waals surface area contributed by atoms with Crippen LogP contribution in [0.4, 0.5) is 4.39 Å². The Morgan fingerprint density at radius 2 is 2.10 bits per heavy atom. The van der Waals surface area contributed by atoms with Crippen LogP contribution in [0, 0.1) is 30.5 Å². The maximum atomic E-state index is 13.5. The molecule has 1 aromatic carbocycles. The lowest BCUT2D eigenvalue weighted by molar-refractivity contribution is -0.127. The molecule has 5 heteroatoms. The van der Waals surface area contributed by atoms with E-state index in [1.54, 1.807) is 13.0 Å². The highest BCUT2D eigenvalue weighted by molar-refractivity contribution is 5.85. The summed E-state index contributed by atoms with van der Waals surface area (Å²) in [6, 6.07) is 5.07. The number of hydrogen-bond acceptors (Lipinski definition) is 2. The van der Waals surface area contributed by atoms with Gasteiger partial charge in [-0.2, -0.15) is 0 Å². The van der Waals surface area contributed by atoms with Crippen molar-refractivity contribution in [3.63, 3.8) is 0 Å². The Labute approximate surface area is 130 Å². The molecule has 0 aromatic heterocycles. The molecule has 3 rings (SSSR count). The van der Waals surface area contributed by atoms with Crippen molar-refractivity contribution in [1.82, 2.24) is 5.32 Å². The number of hydrogen-bond donors (Lipinski definition) is 2. The molecule has 0 spiro atoms. The van der Waals surface area contributed by atoms with Crippen molar-refractivity contribution in [3.8, 4) is 0 Å². The van der Waals surface area contributed by atoms with Crippen LogP contribution in [0.2, 0.25) is 0 Å². The van der Waals surface area contributed by atoms with Gasteiger partial charge in [-0.15, -0.1) is 12.4 Å². The van der Waals surface area contributed by atoms with Crippen LogP contribution in [0.5, 0.6) is 0 Å². The summed E-state index contributed by atoms with van der Waals surface area (Å²) < 4.78 is 13.5. The van der Waals surface area contributed by atoms with Gasteiger partial charge in [-0.05, 0) is 55.2 Å². The molecule has 0 heterocycles. The van der Waals surface area contributed by atoms with Crippen molar-refractivity contribution in [2.24, 2.45) is 23.5 Å². The van der Waals surface area contributed by atoms with Crippen molar-refractivity contribution in [3.05, 3.63) is 35.1 Å². The first-order valence-corrected chi connectivity index (χ1v) is 7.34. The van der Waals surface area contributed by atoms with Crippen LogP contribution in [0.15, 0.2) is 18.2 Å². The van der Waals surface area contributed by atoms with Gasteiger partial charge in [-0.1, -0.05) is 12.1 Å². The van der Waals surface area contributed by atoms with Crippen molar-refractivity contribution < 1.29 is 9.18 Å². The second kappa shape index (κ2) is 6.32. The van der Waals surface area contributed by atoms with Crippen LogP contribution in [0.25, 0.3) is 0 Å². The van der Waals surface area contributed by atoms with E-state index in [9.17, 15) is 9.18 Å². The lowest BCUT2D eigenvalue weighted by atomic mass is 9.84. The number of rotatable bonds is 3. The average molecular weight is 313 g/mol. The zero-order valence-electron chi connectivity index (χ0n) is 12.1. The number of carbonyl (C=O) groups is 1. The van der Waals surface area contributed by atoms with E-state index in [1.165, 1.54) is 12.5 Å². The van der Waals surface area contributed by atoms with Gasteiger partial charge in [0.2, 0.25) is 5.91 Å². The van der Waals surface area contributed by atoms with Crippen LogP contribution < -0.4 is 11.1 Å². The fourth-order valence-electron chi connectivity index (χ4n) is 3.78. The molecule has 1 aromatic rings. The van der Waals surface area contributed by atoms with E-state index in [1.807, 2.05) is 6.07 Å². The third kappa shape index (κ3) is 3.06. The average Bonchev–Trinajstić information content (AvgIpc) is 3.00. The first kappa shape index (κ1) is 16.2. The molecule has 2 aliphatic carbocycles. The first-order valence-electron chi connectivity index (χ1n) is 7.34. The Morgan fingerprint density at radius 1 is 1.38 bits per heavy atom. The van der Waals surface area contributed by atoms with Crippen LogP contribution in [-0.2, 0) is 11.3 Å². The molecule has 4 unspecified atom stereocenters. The lowest BCUT2D eigenvalue weighted by Gasteiger charge is -2.27. The number of nitrogens with one attached hydrogen (secondary N) is 1. The molecule has 2 aliphatic rings. The van der Waals surface area contributed by atoms with Gasteiger partial charge in [0, 0.05) is 12.6 Å². The van der Waals surface area contributed by atoms with Gasteiger partial charge in [0.1, 0.15) is 5.82 Å². The van der Waals surface area contributed by atoms with Gasteiger partial charge in [0.15, 0.2) is 0 Å². The summed E-state index contributed by atoms with van der Waals surface area (Å²) in [5, 5.41) is 2.92. The first-order chi connectivity index (χ1) is 9.56. The highest BCUT2D eigenvalue weighted by atomic mass is 35.5. The third-order valence-corrected chi connectivity index (χ3v) is 4.99. The zero-order chi connectivity index (χ0) is 14.3. The molecule has 2 fully saturated rings. The fraction of sp³-hybridized carbons (Fsp3) is 0.562. The standard InChI is InChI=1S/C16H21FN2O.ClH/c1-9-2-3-10(6-13(9)17)8-19-16(20)14-11-4-5-12(7-11)15(14)18;/h2-3,6,11-12,14-15H,4-5,7-8,18H2,1H3,(H,19,20);1H. The van der Waals surface area contributed by atoms with E-state index in [0.29, 0.717) is 23.9 Å². The predicted molar refractivity (Wildman–Crippen MR) is 82.5 cm³/mol. The zero-order valence-corrected chi connectivity index (χ0v) is 13.0. The van der Waals surface area contributed by atoms with E-state index in [0.717, 1.165) is 18.4 Å². The maximum Gasteiger partial charge on any atom is 0.225 e. The Balaban J connectivity index is 0.00000161. The molecule has 0 aliphatic heterocycles. The van der Waals surface area contributed by atoms with Gasteiger partial charge >= 0.3 is 0 Å². The van der Waals surface area contributed by atoms with E-state index in [4.69, 9.17) is 5.73 Å². The Morgan fingerprint density at radius 3 is 2.71 bits per heavy atom. The molecule has 3 N–H and O–H groups in total. The molecule has 0 saturated heterocycles. The quantitative estimate of drug-likeness (QED) is 0.901.